The van der Waals surface area contributed by atoms with E-state index < -0.39 is 10.0 Å². The molecule has 0 N–H and O–H groups in total. The van der Waals surface area contributed by atoms with Gasteiger partial charge in [0.05, 0.1) is 17.2 Å². The lowest BCUT2D eigenvalue weighted by Crippen LogP contribution is -2.35. The molecule has 128 valence electrons. The minimum absolute atomic E-state index is 0.0760. The summed E-state index contributed by atoms with van der Waals surface area (Å²) in [6, 6.07) is 14.3. The number of fused-ring (bicyclic) bond motifs is 1. The van der Waals surface area contributed by atoms with Crippen molar-refractivity contribution in [2.75, 3.05) is 10.9 Å². The van der Waals surface area contributed by atoms with Crippen LogP contribution in [0.25, 0.3) is 0 Å². The van der Waals surface area contributed by atoms with Gasteiger partial charge in [-0.3, -0.25) is 4.31 Å². The van der Waals surface area contributed by atoms with E-state index in [9.17, 15) is 8.42 Å². The number of anilines is 1. The largest absolute Gasteiger partial charge is 0.494 e. The van der Waals surface area contributed by atoms with Gasteiger partial charge in [-0.25, -0.2) is 8.42 Å². The number of nitrogens with zero attached hydrogens (tertiary/aromatic N) is 1. The summed E-state index contributed by atoms with van der Waals surface area (Å²) in [5.41, 5.74) is 1.86. The molecule has 2 aromatic rings. The maximum Gasteiger partial charge on any atom is 0.264 e. The maximum atomic E-state index is 13.1. The van der Waals surface area contributed by atoms with Crippen LogP contribution in [0.3, 0.4) is 0 Å². The first-order valence-corrected chi connectivity index (χ1v) is 9.83. The Morgan fingerprint density at radius 2 is 1.83 bits per heavy atom. The van der Waals surface area contributed by atoms with Crippen molar-refractivity contribution in [2.45, 2.75) is 44.0 Å². The van der Waals surface area contributed by atoms with Crippen molar-refractivity contribution in [3.05, 3.63) is 54.1 Å². The Kier molecular flexibility index (Phi) is 4.81. The van der Waals surface area contributed by atoms with E-state index >= 15 is 0 Å². The van der Waals surface area contributed by atoms with Gasteiger partial charge in [0.25, 0.3) is 10.0 Å². The topological polar surface area (TPSA) is 46.6 Å². The number of hydrogen-bond acceptors (Lipinski definition) is 3. The van der Waals surface area contributed by atoms with E-state index in [1.165, 1.54) is 4.31 Å². The van der Waals surface area contributed by atoms with Crippen LogP contribution in [0.15, 0.2) is 53.4 Å². The predicted octanol–water partition coefficient (Wildman–Crippen LogP) is 4.01. The molecule has 0 aromatic heterocycles. The molecule has 4 nitrogen and oxygen atoms in total. The van der Waals surface area contributed by atoms with E-state index in [0.29, 0.717) is 17.3 Å². The van der Waals surface area contributed by atoms with Gasteiger partial charge >= 0.3 is 0 Å². The summed E-state index contributed by atoms with van der Waals surface area (Å²) in [4.78, 5) is 0.300. The number of rotatable bonds is 6. The molecule has 0 unspecified atom stereocenters. The highest BCUT2D eigenvalue weighted by Crippen LogP contribution is 2.36. The zero-order chi connectivity index (χ0) is 17.2. The first-order chi connectivity index (χ1) is 11.5. The molecule has 3 rings (SSSR count). The van der Waals surface area contributed by atoms with Crippen molar-refractivity contribution in [1.29, 1.82) is 0 Å². The summed E-state index contributed by atoms with van der Waals surface area (Å²) in [6.45, 7) is 4.70. The van der Waals surface area contributed by atoms with Crippen LogP contribution >= 0.6 is 0 Å². The number of benzene rings is 2. The van der Waals surface area contributed by atoms with E-state index in [-0.39, 0.29) is 6.04 Å². The summed E-state index contributed by atoms with van der Waals surface area (Å²) in [5.74, 6) is 0.706. The van der Waals surface area contributed by atoms with Crippen LogP contribution in [0.4, 0.5) is 5.69 Å². The Balaban J connectivity index is 1.86. The Morgan fingerprint density at radius 1 is 1.12 bits per heavy atom. The molecule has 0 saturated heterocycles. The quantitative estimate of drug-likeness (QED) is 0.743. The second-order valence-corrected chi connectivity index (χ2v) is 7.97. The molecule has 2 aromatic carbocycles. The molecular weight excluding hydrogens is 322 g/mol. The van der Waals surface area contributed by atoms with Crippen molar-refractivity contribution >= 4 is 15.7 Å². The molecule has 0 amide bonds. The summed E-state index contributed by atoms with van der Waals surface area (Å²) in [7, 11) is -3.57. The molecule has 0 saturated carbocycles. The SMILES string of the molecule is CCCCOc1ccc(S(=O)(=O)N2c3ccccc3C[C@@H]2C)cc1. The highest BCUT2D eigenvalue weighted by Gasteiger charge is 2.35. The molecule has 1 heterocycles. The van der Waals surface area contributed by atoms with Gasteiger partial charge in [0, 0.05) is 6.04 Å². The lowest BCUT2D eigenvalue weighted by Gasteiger charge is -2.24. The fourth-order valence-electron chi connectivity index (χ4n) is 3.06. The van der Waals surface area contributed by atoms with Crippen LogP contribution in [0.2, 0.25) is 0 Å². The Morgan fingerprint density at radius 3 is 2.54 bits per heavy atom. The van der Waals surface area contributed by atoms with Gasteiger partial charge in [0.15, 0.2) is 0 Å². The molecule has 5 heteroatoms. The molecule has 24 heavy (non-hydrogen) atoms. The van der Waals surface area contributed by atoms with Crippen molar-refractivity contribution in [1.82, 2.24) is 0 Å². The zero-order valence-electron chi connectivity index (χ0n) is 14.1. The van der Waals surface area contributed by atoms with E-state index in [4.69, 9.17) is 4.74 Å². The molecule has 1 aliphatic rings. The van der Waals surface area contributed by atoms with Crippen LogP contribution in [-0.4, -0.2) is 21.1 Å². The summed E-state index contributed by atoms with van der Waals surface area (Å²) in [5, 5.41) is 0. The molecule has 0 aliphatic carbocycles. The average molecular weight is 345 g/mol. The van der Waals surface area contributed by atoms with Gasteiger partial charge < -0.3 is 4.74 Å². The van der Waals surface area contributed by atoms with Crippen LogP contribution in [0.5, 0.6) is 5.75 Å². The normalized spacial score (nSPS) is 16.9. The first-order valence-electron chi connectivity index (χ1n) is 8.39. The monoisotopic (exact) mass is 345 g/mol. The second kappa shape index (κ2) is 6.85. The van der Waals surface area contributed by atoms with Gasteiger partial charge in [-0.15, -0.1) is 0 Å². The third-order valence-electron chi connectivity index (χ3n) is 4.29. The maximum absolute atomic E-state index is 13.1. The third-order valence-corrected chi connectivity index (χ3v) is 6.23. The highest BCUT2D eigenvalue weighted by atomic mass is 32.2. The smallest absolute Gasteiger partial charge is 0.264 e. The van der Waals surface area contributed by atoms with Gasteiger partial charge in [-0.1, -0.05) is 31.5 Å². The van der Waals surface area contributed by atoms with E-state index in [1.54, 1.807) is 24.3 Å². The fraction of sp³-hybridized carbons (Fsp3) is 0.368. The molecule has 0 bridgehead atoms. The molecule has 1 atom stereocenters. The van der Waals surface area contributed by atoms with Gasteiger partial charge in [0.2, 0.25) is 0 Å². The zero-order valence-corrected chi connectivity index (χ0v) is 14.9. The number of para-hydroxylation sites is 1. The average Bonchev–Trinajstić information content (AvgIpc) is 2.92. The molecule has 0 radical (unpaired) electrons. The number of hydrogen-bond donors (Lipinski definition) is 0. The van der Waals surface area contributed by atoms with Crippen molar-refractivity contribution < 1.29 is 13.2 Å². The minimum atomic E-state index is -3.57. The second-order valence-electron chi connectivity index (χ2n) is 6.16. The van der Waals surface area contributed by atoms with Crippen molar-refractivity contribution in [2.24, 2.45) is 0 Å². The van der Waals surface area contributed by atoms with Crippen molar-refractivity contribution in [3.8, 4) is 5.75 Å². The Labute approximate surface area is 144 Å². The molecule has 0 fully saturated rings. The first kappa shape index (κ1) is 16.8. The Bertz CT molecular complexity index is 800. The number of sulfonamides is 1. The minimum Gasteiger partial charge on any atom is -0.494 e. The lowest BCUT2D eigenvalue weighted by atomic mass is 10.1. The van der Waals surface area contributed by atoms with Crippen molar-refractivity contribution in [3.63, 3.8) is 0 Å². The summed E-state index contributed by atoms with van der Waals surface area (Å²) in [6.07, 6.45) is 2.80. The summed E-state index contributed by atoms with van der Waals surface area (Å²) < 4.78 is 33.3. The van der Waals surface area contributed by atoms with Crippen LogP contribution in [0, 0.1) is 0 Å². The highest BCUT2D eigenvalue weighted by molar-refractivity contribution is 7.92. The summed E-state index contributed by atoms with van der Waals surface area (Å²) >= 11 is 0. The predicted molar refractivity (Wildman–Crippen MR) is 96.1 cm³/mol. The van der Waals surface area contributed by atoms with Gasteiger partial charge in [-0.2, -0.15) is 0 Å². The standard InChI is InChI=1S/C19H23NO3S/c1-3-4-13-23-17-9-11-18(12-10-17)24(21,22)20-15(2)14-16-7-5-6-8-19(16)20/h5-12,15H,3-4,13-14H2,1-2H3/t15-/m0/s1. The fourth-order valence-corrected chi connectivity index (χ4v) is 4.75. The van der Waals surface area contributed by atoms with Gasteiger partial charge in [0.1, 0.15) is 5.75 Å². The van der Waals surface area contributed by atoms with Crippen LogP contribution in [-0.2, 0) is 16.4 Å². The van der Waals surface area contributed by atoms with Crippen LogP contribution < -0.4 is 9.04 Å². The molecular formula is C19H23NO3S. The molecule has 0 spiro atoms. The van der Waals surface area contributed by atoms with E-state index in [1.807, 2.05) is 31.2 Å². The third kappa shape index (κ3) is 3.13. The van der Waals surface area contributed by atoms with Crippen LogP contribution in [0.1, 0.15) is 32.3 Å². The van der Waals surface area contributed by atoms with Gasteiger partial charge in [-0.05, 0) is 55.7 Å². The Hall–Kier alpha value is -2.01. The number of ether oxygens (including phenoxy) is 1. The lowest BCUT2D eigenvalue weighted by molar-refractivity contribution is 0.309. The van der Waals surface area contributed by atoms with E-state index in [0.717, 1.165) is 30.5 Å². The number of unbranched alkanes of at least 4 members (excludes halogenated alkanes) is 1. The molecule has 1 aliphatic heterocycles. The van der Waals surface area contributed by atoms with E-state index in [2.05, 4.69) is 6.92 Å².